The smallest absolute Gasteiger partial charge is 0.289 e. The van der Waals surface area contributed by atoms with Crippen molar-refractivity contribution < 1.29 is 9.72 Å². The van der Waals surface area contributed by atoms with Crippen LogP contribution < -0.4 is 10.6 Å². The lowest BCUT2D eigenvalue weighted by Gasteiger charge is -2.08. The molecule has 0 spiro atoms. The number of carbonyl (C=O) groups excluding carboxylic acids is 1. The van der Waals surface area contributed by atoms with Gasteiger partial charge in [-0.2, -0.15) is 0 Å². The van der Waals surface area contributed by atoms with E-state index in [1.165, 1.54) is 12.1 Å². The summed E-state index contributed by atoms with van der Waals surface area (Å²) in [6.07, 6.45) is 0. The van der Waals surface area contributed by atoms with Crippen molar-refractivity contribution in [2.45, 2.75) is 0 Å². The van der Waals surface area contributed by atoms with Crippen molar-refractivity contribution in [1.82, 2.24) is 0 Å². The Morgan fingerprint density at radius 3 is 2.59 bits per heavy atom. The highest BCUT2D eigenvalue weighted by molar-refractivity contribution is 6.32. The third-order valence-corrected chi connectivity index (χ3v) is 3.26. The first-order valence-electron chi connectivity index (χ1n) is 6.19. The number of hydrogen-bond acceptors (Lipinski definition) is 4. The summed E-state index contributed by atoms with van der Waals surface area (Å²) < 4.78 is 0. The van der Waals surface area contributed by atoms with Crippen LogP contribution in [0.5, 0.6) is 0 Å². The van der Waals surface area contributed by atoms with Crippen molar-refractivity contribution in [2.75, 3.05) is 17.2 Å². The van der Waals surface area contributed by atoms with Crippen LogP contribution in [-0.4, -0.2) is 17.4 Å². The van der Waals surface area contributed by atoms with Crippen LogP contribution >= 0.6 is 23.2 Å². The molecule has 114 valence electrons. The van der Waals surface area contributed by atoms with Gasteiger partial charge in [-0.3, -0.25) is 14.9 Å². The fourth-order valence-electron chi connectivity index (χ4n) is 1.72. The summed E-state index contributed by atoms with van der Waals surface area (Å²) in [6.45, 7) is -0.0503. The lowest BCUT2D eigenvalue weighted by atomic mass is 10.2. The van der Waals surface area contributed by atoms with E-state index in [4.69, 9.17) is 23.2 Å². The van der Waals surface area contributed by atoms with Gasteiger partial charge in [0, 0.05) is 22.5 Å². The van der Waals surface area contributed by atoms with Crippen LogP contribution in [0.3, 0.4) is 0 Å². The van der Waals surface area contributed by atoms with E-state index in [9.17, 15) is 14.9 Å². The fraction of sp³-hybridized carbons (Fsp3) is 0.0714. The molecule has 0 aromatic heterocycles. The molecule has 0 fully saturated rings. The lowest BCUT2D eigenvalue weighted by Crippen LogP contribution is -2.21. The third kappa shape index (κ3) is 4.34. The Kier molecular flexibility index (Phi) is 5.19. The maximum absolute atomic E-state index is 11.8. The van der Waals surface area contributed by atoms with Gasteiger partial charge >= 0.3 is 0 Å². The van der Waals surface area contributed by atoms with Crippen molar-refractivity contribution in [1.29, 1.82) is 0 Å². The zero-order chi connectivity index (χ0) is 16.1. The molecule has 22 heavy (non-hydrogen) atoms. The second-order valence-corrected chi connectivity index (χ2v) is 5.18. The molecule has 0 heterocycles. The molecule has 0 radical (unpaired) electrons. The molecule has 0 atom stereocenters. The van der Waals surface area contributed by atoms with Crippen LogP contribution in [-0.2, 0) is 4.79 Å². The maximum atomic E-state index is 11.8. The second kappa shape index (κ2) is 7.11. The highest BCUT2D eigenvalue weighted by atomic mass is 35.5. The molecule has 8 heteroatoms. The highest BCUT2D eigenvalue weighted by Crippen LogP contribution is 2.27. The molecule has 2 aromatic carbocycles. The average Bonchev–Trinajstić information content (AvgIpc) is 2.46. The van der Waals surface area contributed by atoms with Gasteiger partial charge in [0.25, 0.3) is 5.69 Å². The predicted molar refractivity (Wildman–Crippen MR) is 86.7 cm³/mol. The number of rotatable bonds is 5. The first-order valence-corrected chi connectivity index (χ1v) is 6.94. The second-order valence-electron chi connectivity index (χ2n) is 4.34. The molecule has 0 aliphatic rings. The van der Waals surface area contributed by atoms with E-state index in [-0.39, 0.29) is 23.2 Å². The Balaban J connectivity index is 1.96. The van der Waals surface area contributed by atoms with Crippen molar-refractivity contribution in [2.24, 2.45) is 0 Å². The topological polar surface area (TPSA) is 84.3 Å². The minimum Gasteiger partial charge on any atom is -0.376 e. The monoisotopic (exact) mass is 339 g/mol. The van der Waals surface area contributed by atoms with Crippen molar-refractivity contribution in [3.63, 3.8) is 0 Å². The fourth-order valence-corrected chi connectivity index (χ4v) is 2.09. The lowest BCUT2D eigenvalue weighted by molar-refractivity contribution is -0.384. The number of nitro benzene ring substituents is 1. The van der Waals surface area contributed by atoms with E-state index in [0.29, 0.717) is 16.4 Å². The molecule has 2 rings (SSSR count). The number of carbonyl (C=O) groups is 1. The van der Waals surface area contributed by atoms with Gasteiger partial charge in [0.1, 0.15) is 5.02 Å². The zero-order valence-corrected chi connectivity index (χ0v) is 12.7. The van der Waals surface area contributed by atoms with E-state index in [1.54, 1.807) is 30.3 Å². The molecular weight excluding hydrogens is 329 g/mol. The number of benzene rings is 2. The molecule has 0 saturated carbocycles. The number of nitrogens with zero attached hydrogens (tertiary/aromatic N) is 1. The Morgan fingerprint density at radius 1 is 1.14 bits per heavy atom. The van der Waals surface area contributed by atoms with Gasteiger partial charge in [-0.15, -0.1) is 0 Å². The van der Waals surface area contributed by atoms with Crippen molar-refractivity contribution in [3.8, 4) is 0 Å². The molecule has 2 aromatic rings. The van der Waals surface area contributed by atoms with Gasteiger partial charge in [-0.1, -0.05) is 29.3 Å². The van der Waals surface area contributed by atoms with Crippen LogP contribution in [0, 0.1) is 10.1 Å². The minimum atomic E-state index is -0.584. The first-order chi connectivity index (χ1) is 10.5. The molecule has 0 aliphatic heterocycles. The molecule has 0 bridgehead atoms. The summed E-state index contributed by atoms with van der Waals surface area (Å²) in [5.74, 6) is -0.306. The van der Waals surface area contributed by atoms with Gasteiger partial charge in [-0.25, -0.2) is 0 Å². The number of amides is 1. The summed E-state index contributed by atoms with van der Waals surface area (Å²) in [5.41, 5.74) is 0.778. The molecular formula is C14H11Cl2N3O3. The number of nitro groups is 1. The molecule has 2 N–H and O–H groups in total. The van der Waals surface area contributed by atoms with Crippen molar-refractivity contribution >= 4 is 46.2 Å². The van der Waals surface area contributed by atoms with Crippen LogP contribution in [0.25, 0.3) is 0 Å². The Hall–Kier alpha value is -2.31. The Labute approximate surface area is 136 Å². The summed E-state index contributed by atoms with van der Waals surface area (Å²) >= 11 is 11.5. The van der Waals surface area contributed by atoms with Crippen molar-refractivity contribution in [3.05, 3.63) is 62.6 Å². The molecule has 0 unspecified atom stereocenters. The van der Waals surface area contributed by atoms with Gasteiger partial charge in [0.15, 0.2) is 0 Å². The van der Waals surface area contributed by atoms with E-state index < -0.39 is 4.92 Å². The highest BCUT2D eigenvalue weighted by Gasteiger charge is 2.13. The third-order valence-electron chi connectivity index (χ3n) is 2.70. The number of anilines is 2. The van der Waals surface area contributed by atoms with E-state index in [0.717, 1.165) is 0 Å². The standard InChI is InChI=1S/C14H11Cl2N3O3/c15-9-2-1-3-11(6-9)18-14(20)8-17-10-4-5-12(16)13(7-10)19(21)22/h1-7,17H,8H2,(H,18,20). The van der Waals surface area contributed by atoms with Gasteiger partial charge in [0.2, 0.25) is 5.91 Å². The van der Waals surface area contributed by atoms with E-state index >= 15 is 0 Å². The van der Waals surface area contributed by atoms with Gasteiger partial charge in [0.05, 0.1) is 11.5 Å². The van der Waals surface area contributed by atoms with E-state index in [1.807, 2.05) is 0 Å². The normalized spacial score (nSPS) is 10.1. The van der Waals surface area contributed by atoms with Crippen LogP contribution in [0.15, 0.2) is 42.5 Å². The van der Waals surface area contributed by atoms with Crippen LogP contribution in [0.2, 0.25) is 10.0 Å². The maximum Gasteiger partial charge on any atom is 0.289 e. The quantitative estimate of drug-likeness (QED) is 0.637. The number of halogens is 2. The van der Waals surface area contributed by atoms with E-state index in [2.05, 4.69) is 10.6 Å². The molecule has 0 saturated heterocycles. The Morgan fingerprint density at radius 2 is 1.91 bits per heavy atom. The summed E-state index contributed by atoms with van der Waals surface area (Å²) in [7, 11) is 0. The number of nitrogens with one attached hydrogen (secondary N) is 2. The van der Waals surface area contributed by atoms with Gasteiger partial charge in [-0.05, 0) is 30.3 Å². The molecule has 6 nitrogen and oxygen atoms in total. The molecule has 0 aliphatic carbocycles. The number of hydrogen-bond donors (Lipinski definition) is 2. The zero-order valence-electron chi connectivity index (χ0n) is 11.2. The first kappa shape index (κ1) is 16.1. The van der Waals surface area contributed by atoms with Crippen LogP contribution in [0.1, 0.15) is 0 Å². The summed E-state index contributed by atoms with van der Waals surface area (Å²) in [5, 5.41) is 16.8. The molecule has 1 amide bonds. The summed E-state index contributed by atoms with van der Waals surface area (Å²) in [4.78, 5) is 22.0. The van der Waals surface area contributed by atoms with Gasteiger partial charge < -0.3 is 10.6 Å². The SMILES string of the molecule is O=C(CNc1ccc(Cl)c([N+](=O)[O-])c1)Nc1cccc(Cl)c1. The Bertz CT molecular complexity index is 722. The summed E-state index contributed by atoms with van der Waals surface area (Å²) in [6, 6.07) is 11.0. The predicted octanol–water partition coefficient (Wildman–Crippen LogP) is 3.95. The van der Waals surface area contributed by atoms with Crippen LogP contribution in [0.4, 0.5) is 17.1 Å². The minimum absolute atomic E-state index is 0.0407. The largest absolute Gasteiger partial charge is 0.376 e. The average molecular weight is 340 g/mol.